The van der Waals surface area contributed by atoms with Crippen LogP contribution in [0.25, 0.3) is 10.9 Å². The van der Waals surface area contributed by atoms with Gasteiger partial charge < -0.3 is 4.74 Å². The first-order valence-electron chi connectivity index (χ1n) is 10.5. The van der Waals surface area contributed by atoms with E-state index in [2.05, 4.69) is 70.5 Å². The van der Waals surface area contributed by atoms with Crippen LogP contribution in [0.3, 0.4) is 0 Å². The number of pyridine rings is 2. The van der Waals surface area contributed by atoms with Crippen molar-refractivity contribution in [2.45, 2.75) is 19.1 Å². The summed E-state index contributed by atoms with van der Waals surface area (Å²) in [6.45, 7) is 3.44. The normalized spacial score (nSPS) is 17.3. The first-order valence-corrected chi connectivity index (χ1v) is 10.5. The van der Waals surface area contributed by atoms with Crippen LogP contribution in [0, 0.1) is 0 Å². The van der Waals surface area contributed by atoms with Gasteiger partial charge in [0.1, 0.15) is 6.10 Å². The van der Waals surface area contributed by atoms with Gasteiger partial charge >= 0.3 is 0 Å². The molecule has 0 aliphatic carbocycles. The van der Waals surface area contributed by atoms with E-state index in [-0.39, 0.29) is 6.10 Å². The van der Waals surface area contributed by atoms with E-state index in [4.69, 9.17) is 9.72 Å². The molecule has 0 bridgehead atoms. The molecule has 5 rings (SSSR count). The molecule has 2 aromatic carbocycles. The van der Waals surface area contributed by atoms with E-state index in [1.54, 1.807) is 0 Å². The van der Waals surface area contributed by atoms with Crippen molar-refractivity contribution in [2.75, 3.05) is 19.7 Å². The van der Waals surface area contributed by atoms with E-state index in [1.807, 2.05) is 24.5 Å². The summed E-state index contributed by atoms with van der Waals surface area (Å²) in [6.07, 6.45) is 4.75. The van der Waals surface area contributed by atoms with Crippen LogP contribution in [0.15, 0.2) is 85.2 Å². The minimum absolute atomic E-state index is 0.0200. The molecule has 4 nitrogen and oxygen atoms in total. The third-order valence-corrected chi connectivity index (χ3v) is 5.65. The Hall–Kier alpha value is -3.08. The lowest BCUT2D eigenvalue weighted by Gasteiger charge is -2.32. The van der Waals surface area contributed by atoms with Crippen LogP contribution in [0.1, 0.15) is 28.5 Å². The first-order chi connectivity index (χ1) is 14.8. The second-order valence-electron chi connectivity index (χ2n) is 7.88. The van der Waals surface area contributed by atoms with Crippen LogP contribution < -0.4 is 0 Å². The maximum absolute atomic E-state index is 6.05. The van der Waals surface area contributed by atoms with Gasteiger partial charge in [0.2, 0.25) is 0 Å². The quantitative estimate of drug-likeness (QED) is 0.487. The Morgan fingerprint density at radius 2 is 1.77 bits per heavy atom. The predicted molar refractivity (Wildman–Crippen MR) is 119 cm³/mol. The summed E-state index contributed by atoms with van der Waals surface area (Å²) in [6, 6.07) is 25.4. The average molecular weight is 396 g/mol. The molecule has 1 fully saturated rings. The number of nitrogens with zero attached hydrogens (tertiary/aromatic N) is 3. The maximum Gasteiger partial charge on any atom is 0.112 e. The number of hydrogen-bond acceptors (Lipinski definition) is 4. The first kappa shape index (κ1) is 18.9. The van der Waals surface area contributed by atoms with Gasteiger partial charge in [0, 0.05) is 37.4 Å². The van der Waals surface area contributed by atoms with Crippen molar-refractivity contribution in [1.29, 1.82) is 0 Å². The number of aromatic nitrogens is 2. The van der Waals surface area contributed by atoms with E-state index in [9.17, 15) is 0 Å². The number of rotatable bonds is 5. The van der Waals surface area contributed by atoms with Crippen molar-refractivity contribution >= 4 is 10.9 Å². The fraction of sp³-hybridized carbons (Fsp3) is 0.231. The van der Waals surface area contributed by atoms with Crippen LogP contribution in [-0.4, -0.2) is 34.6 Å². The molecule has 1 aliphatic rings. The summed E-state index contributed by atoms with van der Waals surface area (Å²) in [7, 11) is 0. The minimum Gasteiger partial charge on any atom is -0.369 e. The highest BCUT2D eigenvalue weighted by molar-refractivity contribution is 5.78. The lowest BCUT2D eigenvalue weighted by atomic mass is 10.1. The molecule has 0 spiro atoms. The standard InChI is InChI=1S/C26H25N3O/c1-2-5-20(6-3-1)15-21-8-11-25(28-17-21)26-19-29(13-14-30-26)18-22-9-10-24-23(16-22)7-4-12-27-24/h1-12,16-17,26H,13-15,18-19H2/t26-/m1/s1. The molecule has 4 heteroatoms. The third-order valence-electron chi connectivity index (χ3n) is 5.65. The van der Waals surface area contributed by atoms with Gasteiger partial charge in [-0.25, -0.2) is 0 Å². The Labute approximate surface area is 177 Å². The van der Waals surface area contributed by atoms with Gasteiger partial charge in [0.15, 0.2) is 0 Å². The number of hydrogen-bond donors (Lipinski definition) is 0. The van der Waals surface area contributed by atoms with Crippen molar-refractivity contribution in [1.82, 2.24) is 14.9 Å². The Kier molecular flexibility index (Phi) is 5.51. The monoisotopic (exact) mass is 395 g/mol. The van der Waals surface area contributed by atoms with E-state index >= 15 is 0 Å². The van der Waals surface area contributed by atoms with Crippen molar-refractivity contribution in [3.05, 3.63) is 108 Å². The molecule has 2 aromatic heterocycles. The number of fused-ring (bicyclic) bond motifs is 1. The largest absolute Gasteiger partial charge is 0.369 e. The summed E-state index contributed by atoms with van der Waals surface area (Å²) in [5.74, 6) is 0. The van der Waals surface area contributed by atoms with Gasteiger partial charge in [-0.1, -0.05) is 48.5 Å². The summed E-state index contributed by atoms with van der Waals surface area (Å²) in [5.41, 5.74) is 5.89. The van der Waals surface area contributed by atoms with Crippen LogP contribution in [0.4, 0.5) is 0 Å². The van der Waals surface area contributed by atoms with Crippen molar-refractivity contribution < 1.29 is 4.74 Å². The van der Waals surface area contributed by atoms with Crippen molar-refractivity contribution in [3.8, 4) is 0 Å². The molecule has 0 N–H and O–H groups in total. The van der Waals surface area contributed by atoms with Crippen molar-refractivity contribution in [3.63, 3.8) is 0 Å². The number of morpholine rings is 1. The Bertz CT molecular complexity index is 1110. The molecule has 3 heterocycles. The lowest BCUT2D eigenvalue weighted by Crippen LogP contribution is -2.38. The van der Waals surface area contributed by atoms with Crippen LogP contribution in [-0.2, 0) is 17.7 Å². The molecular formula is C26H25N3O. The number of ether oxygens (including phenoxy) is 1. The summed E-state index contributed by atoms with van der Waals surface area (Å²) >= 11 is 0. The molecule has 150 valence electrons. The smallest absolute Gasteiger partial charge is 0.112 e. The minimum atomic E-state index is 0.0200. The topological polar surface area (TPSA) is 38.2 Å². The Morgan fingerprint density at radius 1 is 0.867 bits per heavy atom. The highest BCUT2D eigenvalue weighted by Gasteiger charge is 2.23. The number of benzene rings is 2. The molecule has 1 saturated heterocycles. The zero-order valence-corrected chi connectivity index (χ0v) is 16.9. The van der Waals surface area contributed by atoms with E-state index in [1.165, 1.54) is 22.1 Å². The predicted octanol–water partition coefficient (Wildman–Crippen LogP) is 4.79. The summed E-state index contributed by atoms with van der Waals surface area (Å²) < 4.78 is 6.05. The van der Waals surface area contributed by atoms with Gasteiger partial charge in [0.25, 0.3) is 0 Å². The van der Waals surface area contributed by atoms with Gasteiger partial charge in [-0.2, -0.15) is 0 Å². The fourth-order valence-corrected chi connectivity index (χ4v) is 4.07. The zero-order valence-electron chi connectivity index (χ0n) is 16.9. The molecule has 1 aliphatic heterocycles. The molecule has 0 radical (unpaired) electrons. The van der Waals surface area contributed by atoms with E-state index in [0.29, 0.717) is 0 Å². The summed E-state index contributed by atoms with van der Waals surface area (Å²) in [4.78, 5) is 11.6. The highest BCUT2D eigenvalue weighted by atomic mass is 16.5. The molecule has 30 heavy (non-hydrogen) atoms. The van der Waals surface area contributed by atoms with Crippen molar-refractivity contribution in [2.24, 2.45) is 0 Å². The molecule has 0 saturated carbocycles. The second kappa shape index (κ2) is 8.74. The van der Waals surface area contributed by atoms with Crippen LogP contribution >= 0.6 is 0 Å². The Morgan fingerprint density at radius 3 is 2.63 bits per heavy atom. The van der Waals surface area contributed by atoms with Crippen LogP contribution in [0.2, 0.25) is 0 Å². The van der Waals surface area contributed by atoms with Gasteiger partial charge in [-0.15, -0.1) is 0 Å². The third kappa shape index (κ3) is 4.40. The fourth-order valence-electron chi connectivity index (χ4n) is 4.07. The zero-order chi connectivity index (χ0) is 20.2. The Balaban J connectivity index is 1.24. The van der Waals surface area contributed by atoms with Gasteiger partial charge in [-0.3, -0.25) is 14.9 Å². The highest BCUT2D eigenvalue weighted by Crippen LogP contribution is 2.23. The van der Waals surface area contributed by atoms with Gasteiger partial charge in [-0.05, 0) is 47.4 Å². The van der Waals surface area contributed by atoms with E-state index < -0.39 is 0 Å². The lowest BCUT2D eigenvalue weighted by molar-refractivity contribution is -0.0349. The molecule has 4 aromatic rings. The molecule has 0 amide bonds. The SMILES string of the molecule is c1ccc(Cc2ccc([C@H]3CN(Cc4ccc5ncccc5c4)CCO3)nc2)cc1. The second-order valence-corrected chi connectivity index (χ2v) is 7.88. The molecule has 0 unspecified atom stereocenters. The molecule has 1 atom stereocenters. The average Bonchev–Trinajstić information content (AvgIpc) is 2.80. The molecular weight excluding hydrogens is 370 g/mol. The van der Waals surface area contributed by atoms with Gasteiger partial charge in [0.05, 0.1) is 17.8 Å². The van der Waals surface area contributed by atoms with E-state index in [0.717, 1.165) is 43.9 Å². The summed E-state index contributed by atoms with van der Waals surface area (Å²) in [5, 5.41) is 1.19. The maximum atomic E-state index is 6.05. The van der Waals surface area contributed by atoms with Crippen LogP contribution in [0.5, 0.6) is 0 Å².